The number of hydrogen-bond donors (Lipinski definition) is 1. The van der Waals surface area contributed by atoms with Gasteiger partial charge in [-0.3, -0.25) is 0 Å². The Labute approximate surface area is 86.6 Å². The topological polar surface area (TPSA) is 19.0 Å². The second-order valence-corrected chi connectivity index (χ2v) is 4.16. The van der Waals surface area contributed by atoms with E-state index in [0.29, 0.717) is 0 Å². The molecular formula is C11H10N2S. The molecule has 0 saturated heterocycles. The van der Waals surface area contributed by atoms with E-state index in [1.54, 1.807) is 0 Å². The first-order valence-corrected chi connectivity index (χ1v) is 5.61. The Morgan fingerprint density at radius 1 is 1.29 bits per heavy atom. The van der Waals surface area contributed by atoms with Crippen molar-refractivity contribution in [1.29, 1.82) is 0 Å². The van der Waals surface area contributed by atoms with Crippen LogP contribution in [0.4, 0.5) is 5.82 Å². The molecule has 0 unspecified atom stereocenters. The maximum atomic E-state index is 3.40. The van der Waals surface area contributed by atoms with E-state index < -0.39 is 0 Å². The molecule has 70 valence electrons. The van der Waals surface area contributed by atoms with Crippen molar-refractivity contribution in [3.05, 3.63) is 41.9 Å². The summed E-state index contributed by atoms with van der Waals surface area (Å²) >= 11 is 1.81. The van der Waals surface area contributed by atoms with Crippen molar-refractivity contribution < 1.29 is 0 Å². The third-order valence-electron chi connectivity index (χ3n) is 2.38. The first-order chi connectivity index (χ1) is 6.93. The number of benzene rings is 1. The first-order valence-electron chi connectivity index (χ1n) is 4.56. The van der Waals surface area contributed by atoms with Crippen LogP contribution >= 0.6 is 11.8 Å². The summed E-state index contributed by atoms with van der Waals surface area (Å²) in [5.74, 6) is 2.18. The molecule has 2 heterocycles. The summed E-state index contributed by atoms with van der Waals surface area (Å²) in [6.45, 7) is 0. The maximum absolute atomic E-state index is 3.40. The minimum Gasteiger partial charge on any atom is -0.341 e. The standard InChI is InChI=1S/C11H10N2S/c1-2-4-10-9(3-1)7-11(12-10)13-5-6-14-8-13/h1-7,12H,8H2. The van der Waals surface area contributed by atoms with Gasteiger partial charge in [0.05, 0.1) is 5.88 Å². The quantitative estimate of drug-likeness (QED) is 0.766. The van der Waals surface area contributed by atoms with E-state index in [0.717, 1.165) is 5.88 Å². The van der Waals surface area contributed by atoms with Crippen molar-refractivity contribution in [2.75, 3.05) is 10.8 Å². The zero-order chi connectivity index (χ0) is 9.38. The van der Waals surface area contributed by atoms with E-state index in [1.807, 2.05) is 11.8 Å². The van der Waals surface area contributed by atoms with Crippen molar-refractivity contribution in [3.8, 4) is 0 Å². The van der Waals surface area contributed by atoms with Gasteiger partial charge >= 0.3 is 0 Å². The van der Waals surface area contributed by atoms with Crippen molar-refractivity contribution in [2.45, 2.75) is 0 Å². The van der Waals surface area contributed by atoms with Gasteiger partial charge in [-0.15, -0.1) is 11.8 Å². The van der Waals surface area contributed by atoms with Crippen LogP contribution in [0.15, 0.2) is 41.9 Å². The lowest BCUT2D eigenvalue weighted by Gasteiger charge is -2.10. The van der Waals surface area contributed by atoms with Crippen LogP contribution in [0.1, 0.15) is 0 Å². The number of thioether (sulfide) groups is 1. The summed E-state index contributed by atoms with van der Waals surface area (Å²) in [5, 5.41) is 3.39. The van der Waals surface area contributed by atoms with Crippen molar-refractivity contribution in [2.24, 2.45) is 0 Å². The number of para-hydroxylation sites is 1. The van der Waals surface area contributed by atoms with E-state index in [1.165, 1.54) is 16.7 Å². The molecule has 0 atom stereocenters. The first kappa shape index (κ1) is 8.00. The largest absolute Gasteiger partial charge is 0.341 e. The summed E-state index contributed by atoms with van der Waals surface area (Å²) in [5.41, 5.74) is 1.20. The molecule has 3 heteroatoms. The number of hydrogen-bond acceptors (Lipinski definition) is 2. The maximum Gasteiger partial charge on any atom is 0.111 e. The molecule has 1 aromatic carbocycles. The highest BCUT2D eigenvalue weighted by atomic mass is 32.2. The van der Waals surface area contributed by atoms with Crippen LogP contribution in [0, 0.1) is 0 Å². The Kier molecular flexibility index (Phi) is 1.77. The molecule has 2 aromatic rings. The zero-order valence-corrected chi connectivity index (χ0v) is 8.42. The van der Waals surface area contributed by atoms with Gasteiger partial charge in [0.1, 0.15) is 5.82 Å². The van der Waals surface area contributed by atoms with Gasteiger partial charge in [-0.05, 0) is 17.5 Å². The number of aromatic nitrogens is 1. The smallest absolute Gasteiger partial charge is 0.111 e. The van der Waals surface area contributed by atoms with Crippen molar-refractivity contribution in [3.63, 3.8) is 0 Å². The summed E-state index contributed by atoms with van der Waals surface area (Å²) in [6.07, 6.45) is 2.11. The van der Waals surface area contributed by atoms with Gasteiger partial charge in [0.15, 0.2) is 0 Å². The van der Waals surface area contributed by atoms with Crippen molar-refractivity contribution in [1.82, 2.24) is 4.98 Å². The Bertz CT molecular complexity index is 454. The lowest BCUT2D eigenvalue weighted by atomic mass is 10.2. The Morgan fingerprint density at radius 2 is 2.21 bits per heavy atom. The SMILES string of the molecule is C1=CN(c2cc3ccccc3[nH]2)CS1. The summed E-state index contributed by atoms with van der Waals surface area (Å²) < 4.78 is 0. The van der Waals surface area contributed by atoms with Crippen LogP contribution in [0.5, 0.6) is 0 Å². The van der Waals surface area contributed by atoms with Gasteiger partial charge in [0.2, 0.25) is 0 Å². The lowest BCUT2D eigenvalue weighted by molar-refractivity contribution is 1.14. The predicted molar refractivity (Wildman–Crippen MR) is 62.4 cm³/mol. The monoisotopic (exact) mass is 202 g/mol. The average Bonchev–Trinajstić information content (AvgIpc) is 2.86. The lowest BCUT2D eigenvalue weighted by Crippen LogP contribution is -2.10. The van der Waals surface area contributed by atoms with Gasteiger partial charge in [-0.2, -0.15) is 0 Å². The fraction of sp³-hybridized carbons (Fsp3) is 0.0909. The highest BCUT2D eigenvalue weighted by Gasteiger charge is 2.09. The number of anilines is 1. The number of fused-ring (bicyclic) bond motifs is 1. The summed E-state index contributed by atoms with van der Waals surface area (Å²) in [7, 11) is 0. The van der Waals surface area contributed by atoms with Gasteiger partial charge < -0.3 is 9.88 Å². The molecule has 14 heavy (non-hydrogen) atoms. The van der Waals surface area contributed by atoms with Crippen LogP contribution in [0.2, 0.25) is 0 Å². The minimum atomic E-state index is 1.01. The van der Waals surface area contributed by atoms with Gasteiger partial charge in [0, 0.05) is 17.1 Å². The number of nitrogens with one attached hydrogen (secondary N) is 1. The van der Waals surface area contributed by atoms with Crippen LogP contribution in [-0.4, -0.2) is 10.9 Å². The molecule has 1 aliphatic heterocycles. The normalized spacial score (nSPS) is 15.6. The molecule has 1 aliphatic rings. The van der Waals surface area contributed by atoms with Gasteiger partial charge in [-0.1, -0.05) is 18.2 Å². The average molecular weight is 202 g/mol. The molecule has 0 aliphatic carbocycles. The molecule has 0 spiro atoms. The summed E-state index contributed by atoms with van der Waals surface area (Å²) in [4.78, 5) is 5.61. The van der Waals surface area contributed by atoms with E-state index in [-0.39, 0.29) is 0 Å². The van der Waals surface area contributed by atoms with Crippen LogP contribution in [-0.2, 0) is 0 Å². The fourth-order valence-corrected chi connectivity index (χ4v) is 2.35. The van der Waals surface area contributed by atoms with Gasteiger partial charge in [-0.25, -0.2) is 0 Å². The Morgan fingerprint density at radius 3 is 3.00 bits per heavy atom. The fourth-order valence-electron chi connectivity index (χ4n) is 1.65. The Balaban J connectivity index is 2.09. The van der Waals surface area contributed by atoms with E-state index in [9.17, 15) is 0 Å². The number of aromatic amines is 1. The number of nitrogens with zero attached hydrogens (tertiary/aromatic N) is 1. The predicted octanol–water partition coefficient (Wildman–Crippen LogP) is 3.15. The highest BCUT2D eigenvalue weighted by molar-refractivity contribution is 8.02. The Hall–Kier alpha value is -1.35. The minimum absolute atomic E-state index is 1.01. The van der Waals surface area contributed by atoms with E-state index >= 15 is 0 Å². The number of rotatable bonds is 1. The van der Waals surface area contributed by atoms with E-state index in [4.69, 9.17) is 0 Å². The van der Waals surface area contributed by atoms with Gasteiger partial charge in [0.25, 0.3) is 0 Å². The molecular weight excluding hydrogens is 192 g/mol. The molecule has 2 nitrogen and oxygen atoms in total. The van der Waals surface area contributed by atoms with Crippen LogP contribution < -0.4 is 4.90 Å². The third-order valence-corrected chi connectivity index (χ3v) is 3.12. The summed E-state index contributed by atoms with van der Waals surface area (Å²) in [6, 6.07) is 10.5. The highest BCUT2D eigenvalue weighted by Crippen LogP contribution is 2.26. The molecule has 1 aromatic heterocycles. The molecule has 0 radical (unpaired) electrons. The molecule has 1 N–H and O–H groups in total. The van der Waals surface area contributed by atoms with Crippen molar-refractivity contribution >= 4 is 28.5 Å². The molecule has 0 amide bonds. The third kappa shape index (κ3) is 1.21. The second-order valence-electron chi connectivity index (χ2n) is 3.29. The molecule has 0 saturated carbocycles. The molecule has 3 rings (SSSR count). The second kappa shape index (κ2) is 3.10. The zero-order valence-electron chi connectivity index (χ0n) is 7.60. The molecule has 0 fully saturated rings. The number of H-pyrrole nitrogens is 1. The van der Waals surface area contributed by atoms with E-state index in [2.05, 4.69) is 51.8 Å². The molecule has 0 bridgehead atoms. The van der Waals surface area contributed by atoms with Crippen LogP contribution in [0.3, 0.4) is 0 Å². The van der Waals surface area contributed by atoms with Crippen LogP contribution in [0.25, 0.3) is 10.9 Å².